The molecule has 0 fully saturated rings. The highest BCUT2D eigenvalue weighted by Crippen LogP contribution is 2.19. The first-order valence-corrected chi connectivity index (χ1v) is 7.34. The number of carbonyl (C=O) groups excluding carboxylic acids is 1. The predicted octanol–water partition coefficient (Wildman–Crippen LogP) is 3.36. The lowest BCUT2D eigenvalue weighted by Crippen LogP contribution is -2.11. The van der Waals surface area contributed by atoms with E-state index in [2.05, 4.69) is 29.2 Å². The van der Waals surface area contributed by atoms with Crippen molar-refractivity contribution in [3.63, 3.8) is 0 Å². The summed E-state index contributed by atoms with van der Waals surface area (Å²) in [4.78, 5) is 16.1. The fourth-order valence-corrected chi connectivity index (χ4v) is 2.18. The number of hydrogen-bond acceptors (Lipinski definition) is 3. The summed E-state index contributed by atoms with van der Waals surface area (Å²) in [5.41, 5.74) is 1.54. The van der Waals surface area contributed by atoms with Gasteiger partial charge < -0.3 is 5.32 Å². The average Bonchev–Trinajstić information content (AvgIpc) is 2.82. The van der Waals surface area contributed by atoms with E-state index in [1.807, 2.05) is 10.7 Å². The third kappa shape index (κ3) is 3.48. The van der Waals surface area contributed by atoms with Crippen molar-refractivity contribution < 1.29 is 4.79 Å². The van der Waals surface area contributed by atoms with Crippen LogP contribution in [-0.4, -0.2) is 26.6 Å². The van der Waals surface area contributed by atoms with Crippen LogP contribution in [0.15, 0.2) is 18.5 Å². The quantitative estimate of drug-likeness (QED) is 0.656. The lowest BCUT2D eigenvalue weighted by Gasteiger charge is -2.07. The Morgan fingerprint density at radius 1 is 1.40 bits per heavy atom. The van der Waals surface area contributed by atoms with Crippen LogP contribution in [0.5, 0.6) is 0 Å². The maximum absolute atomic E-state index is 11.7. The number of aromatic nitrogens is 3. The lowest BCUT2D eigenvalue weighted by atomic mass is 10.2. The molecule has 2 heterocycles. The molecule has 1 amide bonds. The van der Waals surface area contributed by atoms with E-state index in [0.29, 0.717) is 18.0 Å². The van der Waals surface area contributed by atoms with E-state index in [-0.39, 0.29) is 11.9 Å². The summed E-state index contributed by atoms with van der Waals surface area (Å²) in [5.74, 6) is 0.586. The molecule has 20 heavy (non-hydrogen) atoms. The molecule has 5 nitrogen and oxygen atoms in total. The Balaban J connectivity index is 2.07. The molecular weight excluding hydrogens is 276 g/mol. The second-order valence-corrected chi connectivity index (χ2v) is 5.39. The number of nitrogens with one attached hydrogen (secondary N) is 1. The van der Waals surface area contributed by atoms with Crippen LogP contribution in [0.3, 0.4) is 0 Å². The normalized spacial score (nSPS) is 11.2. The van der Waals surface area contributed by atoms with Crippen LogP contribution in [0.25, 0.3) is 11.0 Å². The van der Waals surface area contributed by atoms with Gasteiger partial charge in [0.1, 0.15) is 0 Å². The number of alkyl halides is 1. The van der Waals surface area contributed by atoms with Gasteiger partial charge in [0.25, 0.3) is 0 Å². The molecule has 0 aromatic carbocycles. The molecule has 2 rings (SSSR count). The molecule has 2 aromatic heterocycles. The maximum Gasteiger partial charge on any atom is 0.224 e. The van der Waals surface area contributed by atoms with E-state index in [0.717, 1.165) is 23.9 Å². The van der Waals surface area contributed by atoms with E-state index in [4.69, 9.17) is 11.6 Å². The van der Waals surface area contributed by atoms with Gasteiger partial charge in [-0.25, -0.2) is 9.67 Å². The van der Waals surface area contributed by atoms with Crippen LogP contribution in [0, 0.1) is 0 Å². The van der Waals surface area contributed by atoms with Crippen molar-refractivity contribution in [2.45, 2.75) is 39.2 Å². The Kier molecular flexibility index (Phi) is 4.95. The van der Waals surface area contributed by atoms with Crippen molar-refractivity contribution in [3.8, 4) is 0 Å². The van der Waals surface area contributed by atoms with Crippen LogP contribution in [-0.2, 0) is 4.79 Å². The number of rotatable bonds is 6. The minimum Gasteiger partial charge on any atom is -0.325 e. The third-order valence-corrected chi connectivity index (χ3v) is 3.26. The van der Waals surface area contributed by atoms with Gasteiger partial charge in [0.15, 0.2) is 5.65 Å². The standard InChI is InChI=1S/C14H19ClN4O/c1-10(2)19-14-11(8-17-19)7-12(9-16-14)18-13(20)5-3-4-6-15/h7-10H,3-6H2,1-2H3,(H,18,20). The first-order valence-electron chi connectivity index (χ1n) is 6.81. The summed E-state index contributed by atoms with van der Waals surface area (Å²) in [7, 11) is 0. The van der Waals surface area contributed by atoms with Gasteiger partial charge in [-0.3, -0.25) is 4.79 Å². The zero-order chi connectivity index (χ0) is 14.5. The molecule has 0 atom stereocenters. The monoisotopic (exact) mass is 294 g/mol. The Bertz CT molecular complexity index is 594. The smallest absolute Gasteiger partial charge is 0.224 e. The molecule has 0 spiro atoms. The molecule has 0 aliphatic rings. The fraction of sp³-hybridized carbons (Fsp3) is 0.500. The minimum atomic E-state index is -0.00693. The SMILES string of the molecule is CC(C)n1ncc2cc(NC(=O)CCCCCl)cnc21. The zero-order valence-corrected chi connectivity index (χ0v) is 12.5. The van der Waals surface area contributed by atoms with Gasteiger partial charge in [0, 0.05) is 23.7 Å². The van der Waals surface area contributed by atoms with Crippen molar-refractivity contribution in [1.29, 1.82) is 0 Å². The van der Waals surface area contributed by atoms with Gasteiger partial charge in [-0.05, 0) is 32.8 Å². The van der Waals surface area contributed by atoms with E-state index < -0.39 is 0 Å². The molecule has 0 radical (unpaired) electrons. The second kappa shape index (κ2) is 6.70. The molecule has 0 bridgehead atoms. The topological polar surface area (TPSA) is 59.8 Å². The van der Waals surface area contributed by atoms with Crippen LogP contribution in [0.2, 0.25) is 0 Å². The van der Waals surface area contributed by atoms with Crippen molar-refractivity contribution in [1.82, 2.24) is 14.8 Å². The Morgan fingerprint density at radius 2 is 2.20 bits per heavy atom. The molecule has 0 saturated heterocycles. The van der Waals surface area contributed by atoms with Crippen molar-refractivity contribution >= 4 is 34.2 Å². The summed E-state index contributed by atoms with van der Waals surface area (Å²) in [5, 5.41) is 8.08. The first-order chi connectivity index (χ1) is 9.61. The van der Waals surface area contributed by atoms with Crippen LogP contribution < -0.4 is 5.32 Å². The molecular formula is C14H19ClN4O. The number of carbonyl (C=O) groups is 1. The van der Waals surface area contributed by atoms with Crippen molar-refractivity contribution in [3.05, 3.63) is 18.5 Å². The highest BCUT2D eigenvalue weighted by Gasteiger charge is 2.09. The van der Waals surface area contributed by atoms with Gasteiger partial charge in [-0.2, -0.15) is 5.10 Å². The molecule has 108 valence electrons. The second-order valence-electron chi connectivity index (χ2n) is 5.01. The van der Waals surface area contributed by atoms with Crippen LogP contribution >= 0.6 is 11.6 Å². The number of anilines is 1. The van der Waals surface area contributed by atoms with E-state index in [9.17, 15) is 4.79 Å². The lowest BCUT2D eigenvalue weighted by molar-refractivity contribution is -0.116. The van der Waals surface area contributed by atoms with Crippen molar-refractivity contribution in [2.24, 2.45) is 0 Å². The fourth-order valence-electron chi connectivity index (χ4n) is 1.99. The molecule has 0 saturated carbocycles. The van der Waals surface area contributed by atoms with Gasteiger partial charge in [-0.1, -0.05) is 0 Å². The Labute approximate surface area is 123 Å². The van der Waals surface area contributed by atoms with Gasteiger partial charge in [0.05, 0.1) is 18.1 Å². The molecule has 2 aromatic rings. The van der Waals surface area contributed by atoms with E-state index >= 15 is 0 Å². The van der Waals surface area contributed by atoms with Gasteiger partial charge >= 0.3 is 0 Å². The first kappa shape index (κ1) is 14.8. The average molecular weight is 295 g/mol. The summed E-state index contributed by atoms with van der Waals surface area (Å²) in [6, 6.07) is 2.16. The van der Waals surface area contributed by atoms with Gasteiger partial charge in [-0.15, -0.1) is 11.6 Å². The van der Waals surface area contributed by atoms with Crippen LogP contribution in [0.1, 0.15) is 39.2 Å². The Hall–Kier alpha value is -1.62. The van der Waals surface area contributed by atoms with E-state index in [1.165, 1.54) is 0 Å². The molecule has 6 heteroatoms. The van der Waals surface area contributed by atoms with Gasteiger partial charge in [0.2, 0.25) is 5.91 Å². The highest BCUT2D eigenvalue weighted by molar-refractivity contribution is 6.17. The largest absolute Gasteiger partial charge is 0.325 e. The molecule has 0 aliphatic carbocycles. The minimum absolute atomic E-state index is 0.00693. The summed E-state index contributed by atoms with van der Waals surface area (Å²) in [6.07, 6.45) is 5.58. The zero-order valence-electron chi connectivity index (χ0n) is 11.8. The third-order valence-electron chi connectivity index (χ3n) is 2.99. The maximum atomic E-state index is 11.7. The molecule has 1 N–H and O–H groups in total. The predicted molar refractivity (Wildman–Crippen MR) is 81.1 cm³/mol. The number of halogens is 1. The highest BCUT2D eigenvalue weighted by atomic mass is 35.5. The summed E-state index contributed by atoms with van der Waals surface area (Å²) < 4.78 is 1.86. The summed E-state index contributed by atoms with van der Waals surface area (Å²) in [6.45, 7) is 4.11. The van der Waals surface area contributed by atoms with E-state index in [1.54, 1.807) is 12.4 Å². The molecule has 0 aliphatic heterocycles. The number of pyridine rings is 1. The van der Waals surface area contributed by atoms with Crippen molar-refractivity contribution in [2.75, 3.05) is 11.2 Å². The summed E-state index contributed by atoms with van der Waals surface area (Å²) >= 11 is 5.59. The molecule has 0 unspecified atom stereocenters. The van der Waals surface area contributed by atoms with Crippen LogP contribution in [0.4, 0.5) is 5.69 Å². The number of amides is 1. The number of fused-ring (bicyclic) bond motifs is 1. The number of nitrogens with zero attached hydrogens (tertiary/aromatic N) is 3. The number of hydrogen-bond donors (Lipinski definition) is 1. The number of unbranched alkanes of at least 4 members (excludes halogenated alkanes) is 1. The Morgan fingerprint density at radius 3 is 2.90 bits per heavy atom.